The highest BCUT2D eigenvalue weighted by Crippen LogP contribution is 2.16. The van der Waals surface area contributed by atoms with Crippen LogP contribution in [0.25, 0.3) is 0 Å². The first-order valence-corrected chi connectivity index (χ1v) is 8.45. The number of nitrogens with one attached hydrogen (secondary N) is 1. The standard InChI is InChI=1S/C12H25N5OS/c1-9(2)8-13-11(4)12-14-15-16-17(12)10(3)6-7-19(5)18/h9-11,13H,6-8H2,1-5H3. The summed E-state index contributed by atoms with van der Waals surface area (Å²) in [5.41, 5.74) is 0. The Morgan fingerprint density at radius 3 is 2.58 bits per heavy atom. The lowest BCUT2D eigenvalue weighted by atomic mass is 10.2. The van der Waals surface area contributed by atoms with E-state index in [4.69, 9.17) is 0 Å². The van der Waals surface area contributed by atoms with E-state index < -0.39 is 10.8 Å². The van der Waals surface area contributed by atoms with Gasteiger partial charge in [-0.05, 0) is 43.2 Å². The minimum absolute atomic E-state index is 0.118. The molecule has 0 amide bonds. The smallest absolute Gasteiger partial charge is 0.168 e. The molecule has 0 bridgehead atoms. The van der Waals surface area contributed by atoms with Crippen molar-refractivity contribution in [3.63, 3.8) is 0 Å². The Morgan fingerprint density at radius 1 is 1.32 bits per heavy atom. The summed E-state index contributed by atoms with van der Waals surface area (Å²) < 4.78 is 13.0. The molecule has 0 aliphatic heterocycles. The molecule has 0 radical (unpaired) electrons. The topological polar surface area (TPSA) is 72.7 Å². The van der Waals surface area contributed by atoms with Gasteiger partial charge in [-0.2, -0.15) is 0 Å². The Hall–Kier alpha value is -0.820. The van der Waals surface area contributed by atoms with Crippen LogP contribution in [0.15, 0.2) is 0 Å². The van der Waals surface area contributed by atoms with E-state index in [1.165, 1.54) is 0 Å². The molecule has 0 saturated carbocycles. The fourth-order valence-corrected chi connectivity index (χ4v) is 2.44. The molecule has 0 fully saturated rings. The average molecular weight is 287 g/mol. The van der Waals surface area contributed by atoms with Crippen LogP contribution in [-0.2, 0) is 10.8 Å². The van der Waals surface area contributed by atoms with E-state index in [9.17, 15) is 4.21 Å². The number of hydrogen-bond acceptors (Lipinski definition) is 5. The molecule has 19 heavy (non-hydrogen) atoms. The van der Waals surface area contributed by atoms with Crippen molar-refractivity contribution < 1.29 is 4.21 Å². The molecule has 0 saturated heterocycles. The Morgan fingerprint density at radius 2 is 2.00 bits per heavy atom. The SMILES string of the molecule is CC(C)CNC(C)c1nnnn1C(C)CCS(C)=O. The van der Waals surface area contributed by atoms with Crippen LogP contribution in [0.1, 0.15) is 52.0 Å². The molecule has 3 unspecified atom stereocenters. The monoisotopic (exact) mass is 287 g/mol. The third kappa shape index (κ3) is 5.36. The average Bonchev–Trinajstić information content (AvgIpc) is 2.82. The van der Waals surface area contributed by atoms with Gasteiger partial charge in [-0.15, -0.1) is 5.10 Å². The highest BCUT2D eigenvalue weighted by atomic mass is 32.2. The zero-order valence-corrected chi connectivity index (χ0v) is 13.3. The largest absolute Gasteiger partial charge is 0.307 e. The molecule has 0 spiro atoms. The summed E-state index contributed by atoms with van der Waals surface area (Å²) >= 11 is 0. The van der Waals surface area contributed by atoms with E-state index in [0.717, 1.165) is 18.8 Å². The molecule has 1 aromatic heterocycles. The van der Waals surface area contributed by atoms with E-state index in [-0.39, 0.29) is 12.1 Å². The van der Waals surface area contributed by atoms with Crippen molar-refractivity contribution in [3.8, 4) is 0 Å². The molecule has 1 N–H and O–H groups in total. The van der Waals surface area contributed by atoms with Gasteiger partial charge in [0.2, 0.25) is 0 Å². The number of hydrogen-bond donors (Lipinski definition) is 1. The van der Waals surface area contributed by atoms with Gasteiger partial charge >= 0.3 is 0 Å². The zero-order chi connectivity index (χ0) is 14.4. The van der Waals surface area contributed by atoms with E-state index in [1.54, 1.807) is 6.26 Å². The minimum Gasteiger partial charge on any atom is -0.307 e. The maximum absolute atomic E-state index is 11.2. The third-order valence-corrected chi connectivity index (χ3v) is 3.79. The van der Waals surface area contributed by atoms with Crippen LogP contribution in [-0.4, -0.2) is 43.0 Å². The number of tetrazole rings is 1. The lowest BCUT2D eigenvalue weighted by molar-refractivity contribution is 0.408. The lowest BCUT2D eigenvalue weighted by Gasteiger charge is -2.18. The predicted octanol–water partition coefficient (Wildman–Crippen LogP) is 1.31. The van der Waals surface area contributed by atoms with Crippen LogP contribution in [0.2, 0.25) is 0 Å². The Balaban J connectivity index is 2.65. The highest BCUT2D eigenvalue weighted by molar-refractivity contribution is 7.84. The van der Waals surface area contributed by atoms with Gasteiger partial charge in [-0.25, -0.2) is 4.68 Å². The molecular weight excluding hydrogens is 262 g/mol. The molecular formula is C12H25N5OS. The second-order valence-corrected chi connectivity index (χ2v) is 6.98. The van der Waals surface area contributed by atoms with Gasteiger partial charge in [0.25, 0.3) is 0 Å². The third-order valence-electron chi connectivity index (χ3n) is 2.98. The van der Waals surface area contributed by atoms with Crippen molar-refractivity contribution in [3.05, 3.63) is 5.82 Å². The lowest BCUT2D eigenvalue weighted by Crippen LogP contribution is -2.27. The van der Waals surface area contributed by atoms with Crippen molar-refractivity contribution in [1.82, 2.24) is 25.5 Å². The molecule has 3 atom stereocenters. The van der Waals surface area contributed by atoms with E-state index in [0.29, 0.717) is 11.7 Å². The van der Waals surface area contributed by atoms with E-state index in [1.807, 2.05) is 4.68 Å². The maximum Gasteiger partial charge on any atom is 0.168 e. The summed E-state index contributed by atoms with van der Waals surface area (Å²) in [5.74, 6) is 2.11. The summed E-state index contributed by atoms with van der Waals surface area (Å²) in [6.45, 7) is 9.39. The Bertz CT molecular complexity index is 407. The maximum atomic E-state index is 11.2. The number of nitrogens with zero attached hydrogens (tertiary/aromatic N) is 4. The molecule has 7 heteroatoms. The van der Waals surface area contributed by atoms with Gasteiger partial charge in [0.05, 0.1) is 12.1 Å². The minimum atomic E-state index is -0.772. The van der Waals surface area contributed by atoms with Gasteiger partial charge in [0.15, 0.2) is 5.82 Å². The summed E-state index contributed by atoms with van der Waals surface area (Å²) in [4.78, 5) is 0. The first kappa shape index (κ1) is 16.2. The Kier molecular flexibility index (Phi) is 6.57. The molecule has 110 valence electrons. The van der Waals surface area contributed by atoms with Gasteiger partial charge in [-0.1, -0.05) is 13.8 Å². The number of aromatic nitrogens is 4. The van der Waals surface area contributed by atoms with E-state index >= 15 is 0 Å². The van der Waals surface area contributed by atoms with Gasteiger partial charge in [0, 0.05) is 22.8 Å². The van der Waals surface area contributed by atoms with E-state index in [2.05, 4.69) is 48.5 Å². The number of rotatable bonds is 8. The fraction of sp³-hybridized carbons (Fsp3) is 0.917. The fourth-order valence-electron chi connectivity index (χ4n) is 1.76. The summed E-state index contributed by atoms with van der Waals surface area (Å²) in [5, 5.41) is 15.4. The summed E-state index contributed by atoms with van der Waals surface area (Å²) in [6.07, 6.45) is 2.54. The van der Waals surface area contributed by atoms with Gasteiger partial charge in [-0.3, -0.25) is 4.21 Å². The van der Waals surface area contributed by atoms with Crippen molar-refractivity contribution in [2.75, 3.05) is 18.6 Å². The predicted molar refractivity (Wildman–Crippen MR) is 77.3 cm³/mol. The zero-order valence-electron chi connectivity index (χ0n) is 12.5. The van der Waals surface area contributed by atoms with Crippen LogP contribution in [0.3, 0.4) is 0 Å². The molecule has 6 nitrogen and oxygen atoms in total. The first-order valence-electron chi connectivity index (χ1n) is 6.73. The van der Waals surface area contributed by atoms with Crippen molar-refractivity contribution in [1.29, 1.82) is 0 Å². The molecule has 1 heterocycles. The highest BCUT2D eigenvalue weighted by Gasteiger charge is 2.18. The van der Waals surface area contributed by atoms with Crippen LogP contribution in [0.4, 0.5) is 0 Å². The molecule has 0 aliphatic carbocycles. The molecule has 1 aromatic rings. The van der Waals surface area contributed by atoms with Crippen molar-refractivity contribution in [2.45, 2.75) is 46.2 Å². The van der Waals surface area contributed by atoms with Crippen LogP contribution in [0.5, 0.6) is 0 Å². The van der Waals surface area contributed by atoms with Gasteiger partial charge in [0.1, 0.15) is 0 Å². The molecule has 0 aliphatic rings. The second-order valence-electron chi connectivity index (χ2n) is 5.42. The molecule has 1 rings (SSSR count). The van der Waals surface area contributed by atoms with Crippen molar-refractivity contribution >= 4 is 10.8 Å². The summed E-state index contributed by atoms with van der Waals surface area (Å²) in [6, 6.07) is 0.282. The van der Waals surface area contributed by atoms with Gasteiger partial charge < -0.3 is 5.32 Å². The Labute approximate surface area is 117 Å². The molecule has 0 aromatic carbocycles. The normalized spacial score (nSPS) is 16.5. The second kappa shape index (κ2) is 7.69. The van der Waals surface area contributed by atoms with Crippen LogP contribution >= 0.6 is 0 Å². The van der Waals surface area contributed by atoms with Crippen LogP contribution in [0, 0.1) is 5.92 Å². The van der Waals surface area contributed by atoms with Crippen molar-refractivity contribution in [2.24, 2.45) is 5.92 Å². The summed E-state index contributed by atoms with van der Waals surface area (Å²) in [7, 11) is -0.772. The quantitative estimate of drug-likeness (QED) is 0.780. The van der Waals surface area contributed by atoms with Crippen LogP contribution < -0.4 is 5.32 Å². The first-order chi connectivity index (χ1) is 8.91.